The molecule has 0 aliphatic carbocycles. The van der Waals surface area contributed by atoms with Gasteiger partial charge in [0.05, 0.1) is 11.1 Å². The number of carbonyl (C=O) groups is 4. The molecule has 4 amide bonds. The van der Waals surface area contributed by atoms with Crippen LogP contribution in [-0.4, -0.2) is 35.1 Å². The van der Waals surface area contributed by atoms with Crippen molar-refractivity contribution < 1.29 is 19.2 Å². The third-order valence-electron chi connectivity index (χ3n) is 3.85. The summed E-state index contributed by atoms with van der Waals surface area (Å²) in [5.74, 6) is -1.83. The molecule has 0 saturated carbocycles. The maximum atomic E-state index is 12.3. The van der Waals surface area contributed by atoms with Gasteiger partial charge in [0.15, 0.2) is 0 Å². The number of nitrogens with zero attached hydrogens (tertiary/aromatic N) is 1. The van der Waals surface area contributed by atoms with Gasteiger partial charge in [-0.2, -0.15) is 0 Å². The van der Waals surface area contributed by atoms with Gasteiger partial charge in [0.2, 0.25) is 5.91 Å². The zero-order valence-electron chi connectivity index (χ0n) is 13.5. The van der Waals surface area contributed by atoms with Crippen LogP contribution in [-0.2, 0) is 4.79 Å². The van der Waals surface area contributed by atoms with Crippen LogP contribution in [0.25, 0.3) is 0 Å². The average molecular weight is 416 g/mol. The first-order valence-electron chi connectivity index (χ1n) is 7.77. The van der Waals surface area contributed by atoms with Crippen LogP contribution in [0.3, 0.4) is 0 Å². The molecule has 2 aromatic rings. The molecule has 1 aliphatic rings. The van der Waals surface area contributed by atoms with Crippen molar-refractivity contribution in [2.24, 2.45) is 0 Å². The summed E-state index contributed by atoms with van der Waals surface area (Å²) in [5, 5.41) is 0. The number of imide groups is 1. The lowest BCUT2D eigenvalue weighted by molar-refractivity contribution is -0.121. The molecule has 7 nitrogen and oxygen atoms in total. The fourth-order valence-electron chi connectivity index (χ4n) is 2.53. The highest BCUT2D eigenvalue weighted by atomic mass is 79.9. The number of hydrazine groups is 1. The van der Waals surface area contributed by atoms with Gasteiger partial charge in [0.1, 0.15) is 0 Å². The van der Waals surface area contributed by atoms with Crippen LogP contribution in [0.4, 0.5) is 0 Å². The van der Waals surface area contributed by atoms with Gasteiger partial charge in [0, 0.05) is 23.0 Å². The topological polar surface area (TPSA) is 95.6 Å². The highest BCUT2D eigenvalue weighted by molar-refractivity contribution is 9.10. The number of fused-ring (bicyclic) bond motifs is 1. The highest BCUT2D eigenvalue weighted by Gasteiger charge is 2.35. The largest absolute Gasteiger partial charge is 0.274 e. The van der Waals surface area contributed by atoms with Crippen molar-refractivity contribution in [2.45, 2.75) is 6.42 Å². The molecule has 3 rings (SSSR count). The lowest BCUT2D eigenvalue weighted by Crippen LogP contribution is -2.43. The molecule has 0 saturated heterocycles. The minimum atomic E-state index is -0.507. The fraction of sp³-hybridized carbons (Fsp3) is 0.111. The Hall–Kier alpha value is -3.00. The number of hydrogen-bond acceptors (Lipinski definition) is 4. The standard InChI is InChI=1S/C18H14BrN3O4/c19-12-6-7-13-14(10-12)18(26)22(17(13)25)9-8-15(23)20-21-16(24)11-4-2-1-3-5-11/h1-7,10H,8-9H2,(H,20,23)(H,21,24). The Kier molecular flexibility index (Phi) is 5.13. The Morgan fingerprint density at radius 1 is 0.923 bits per heavy atom. The van der Waals surface area contributed by atoms with Crippen molar-refractivity contribution in [1.29, 1.82) is 0 Å². The third-order valence-corrected chi connectivity index (χ3v) is 4.34. The monoisotopic (exact) mass is 415 g/mol. The van der Waals surface area contributed by atoms with Gasteiger partial charge < -0.3 is 0 Å². The number of carbonyl (C=O) groups excluding carboxylic acids is 4. The van der Waals surface area contributed by atoms with Gasteiger partial charge in [0.25, 0.3) is 17.7 Å². The van der Waals surface area contributed by atoms with Crippen LogP contribution < -0.4 is 10.9 Å². The van der Waals surface area contributed by atoms with E-state index in [1.807, 2.05) is 0 Å². The highest BCUT2D eigenvalue weighted by Crippen LogP contribution is 2.25. The average Bonchev–Trinajstić information content (AvgIpc) is 2.88. The molecular weight excluding hydrogens is 402 g/mol. The van der Waals surface area contributed by atoms with Gasteiger partial charge in [-0.3, -0.25) is 34.9 Å². The summed E-state index contributed by atoms with van der Waals surface area (Å²) in [7, 11) is 0. The zero-order chi connectivity index (χ0) is 18.7. The Labute approximate surface area is 157 Å². The first kappa shape index (κ1) is 17.8. The number of rotatable bonds is 4. The van der Waals surface area contributed by atoms with Crippen molar-refractivity contribution in [2.75, 3.05) is 6.54 Å². The third kappa shape index (κ3) is 3.65. The molecule has 0 aromatic heterocycles. The van der Waals surface area contributed by atoms with Gasteiger partial charge >= 0.3 is 0 Å². The summed E-state index contributed by atoms with van der Waals surface area (Å²) < 4.78 is 0.695. The summed E-state index contributed by atoms with van der Waals surface area (Å²) in [6, 6.07) is 13.2. The summed E-state index contributed by atoms with van der Waals surface area (Å²) in [4.78, 5) is 49.3. The molecule has 8 heteroatoms. The van der Waals surface area contributed by atoms with Crippen LogP contribution in [0.5, 0.6) is 0 Å². The van der Waals surface area contributed by atoms with Gasteiger partial charge in [-0.05, 0) is 30.3 Å². The first-order valence-corrected chi connectivity index (χ1v) is 8.56. The summed E-state index contributed by atoms with van der Waals surface area (Å²) in [6.45, 7) is -0.0724. The zero-order valence-corrected chi connectivity index (χ0v) is 15.1. The maximum absolute atomic E-state index is 12.3. The molecule has 1 aliphatic heterocycles. The molecule has 0 fully saturated rings. The van der Waals surface area contributed by atoms with Crippen molar-refractivity contribution >= 4 is 39.6 Å². The van der Waals surface area contributed by atoms with E-state index in [1.165, 1.54) is 0 Å². The van der Waals surface area contributed by atoms with Crippen molar-refractivity contribution in [3.05, 3.63) is 69.7 Å². The molecule has 26 heavy (non-hydrogen) atoms. The predicted octanol–water partition coefficient (Wildman–Crippen LogP) is 1.90. The maximum Gasteiger partial charge on any atom is 0.269 e. The molecule has 0 unspecified atom stereocenters. The normalized spacial score (nSPS) is 12.7. The second kappa shape index (κ2) is 7.49. The summed E-state index contributed by atoms with van der Waals surface area (Å²) in [6.07, 6.45) is -0.123. The fourth-order valence-corrected chi connectivity index (χ4v) is 2.89. The van der Waals surface area contributed by atoms with Crippen LogP contribution >= 0.6 is 15.9 Å². The van der Waals surface area contributed by atoms with Crippen LogP contribution in [0, 0.1) is 0 Å². The van der Waals surface area contributed by atoms with E-state index in [0.717, 1.165) is 4.90 Å². The van der Waals surface area contributed by atoms with E-state index in [4.69, 9.17) is 0 Å². The molecule has 0 atom stereocenters. The van der Waals surface area contributed by atoms with E-state index in [0.29, 0.717) is 21.2 Å². The van der Waals surface area contributed by atoms with Gasteiger partial charge in [-0.15, -0.1) is 0 Å². The molecule has 2 aromatic carbocycles. The Morgan fingerprint density at radius 2 is 1.62 bits per heavy atom. The SMILES string of the molecule is O=C(CCN1C(=O)c2ccc(Br)cc2C1=O)NNC(=O)c1ccccc1. The Bertz CT molecular complexity index is 899. The lowest BCUT2D eigenvalue weighted by Gasteiger charge is -2.13. The van der Waals surface area contributed by atoms with Gasteiger partial charge in [-0.1, -0.05) is 34.1 Å². The minimum Gasteiger partial charge on any atom is -0.274 e. The van der Waals surface area contributed by atoms with E-state index in [9.17, 15) is 19.2 Å². The number of benzene rings is 2. The van der Waals surface area contributed by atoms with E-state index in [2.05, 4.69) is 26.8 Å². The van der Waals surface area contributed by atoms with E-state index in [-0.39, 0.29) is 13.0 Å². The quantitative estimate of drug-likeness (QED) is 0.588. The summed E-state index contributed by atoms with van der Waals surface area (Å²) in [5.41, 5.74) is 5.58. The molecule has 0 bridgehead atoms. The number of amides is 4. The second-order valence-electron chi connectivity index (χ2n) is 5.57. The van der Waals surface area contributed by atoms with E-state index >= 15 is 0 Å². The van der Waals surface area contributed by atoms with Crippen LogP contribution in [0.1, 0.15) is 37.5 Å². The van der Waals surface area contributed by atoms with E-state index in [1.54, 1.807) is 48.5 Å². The molecule has 2 N–H and O–H groups in total. The van der Waals surface area contributed by atoms with Crippen molar-refractivity contribution in [1.82, 2.24) is 15.8 Å². The smallest absolute Gasteiger partial charge is 0.269 e. The number of hydrogen-bond donors (Lipinski definition) is 2. The second-order valence-corrected chi connectivity index (χ2v) is 6.49. The van der Waals surface area contributed by atoms with Crippen LogP contribution in [0.2, 0.25) is 0 Å². The Morgan fingerprint density at radius 3 is 2.35 bits per heavy atom. The molecule has 0 radical (unpaired) electrons. The molecule has 132 valence electrons. The Balaban J connectivity index is 1.53. The molecular formula is C18H14BrN3O4. The van der Waals surface area contributed by atoms with Crippen LogP contribution in [0.15, 0.2) is 53.0 Å². The molecule has 0 spiro atoms. The minimum absolute atomic E-state index is 0.0724. The predicted molar refractivity (Wildman–Crippen MR) is 96.2 cm³/mol. The van der Waals surface area contributed by atoms with Crippen molar-refractivity contribution in [3.63, 3.8) is 0 Å². The molecule has 1 heterocycles. The van der Waals surface area contributed by atoms with Gasteiger partial charge in [-0.25, -0.2) is 0 Å². The lowest BCUT2D eigenvalue weighted by atomic mass is 10.1. The first-order chi connectivity index (χ1) is 12.5. The summed E-state index contributed by atoms with van der Waals surface area (Å²) >= 11 is 3.26. The number of nitrogens with one attached hydrogen (secondary N) is 2. The van der Waals surface area contributed by atoms with E-state index < -0.39 is 23.6 Å². The number of halogens is 1. The van der Waals surface area contributed by atoms with Crippen molar-refractivity contribution in [3.8, 4) is 0 Å².